The van der Waals surface area contributed by atoms with Crippen LogP contribution < -0.4 is 10.1 Å². The number of aryl methyl sites for hydroxylation is 1. The molecule has 2 rings (SSSR count). The number of hydrogen-bond donors (Lipinski definition) is 1. The van der Waals surface area contributed by atoms with Crippen molar-refractivity contribution < 1.29 is 4.74 Å². The maximum Gasteiger partial charge on any atom is 0.216 e. The molecule has 18 heavy (non-hydrogen) atoms. The van der Waals surface area contributed by atoms with E-state index in [4.69, 9.17) is 4.74 Å². The Hall–Kier alpha value is -1.16. The van der Waals surface area contributed by atoms with Crippen molar-refractivity contribution >= 4 is 0 Å². The fourth-order valence-corrected chi connectivity index (χ4v) is 2.35. The number of hydrogen-bond acceptors (Lipinski definition) is 4. The molecule has 100 valence electrons. The van der Waals surface area contributed by atoms with E-state index in [2.05, 4.69) is 22.2 Å². The molecule has 0 radical (unpaired) electrons. The van der Waals surface area contributed by atoms with Crippen LogP contribution in [0.5, 0.6) is 5.88 Å². The smallest absolute Gasteiger partial charge is 0.216 e. The fourth-order valence-electron chi connectivity index (χ4n) is 2.35. The SMILES string of the molecule is CCCc1cc(OCCC2CCCNC2)ncn1. The van der Waals surface area contributed by atoms with Gasteiger partial charge in [-0.25, -0.2) is 9.97 Å². The minimum atomic E-state index is 0.720. The zero-order valence-corrected chi connectivity index (χ0v) is 11.2. The summed E-state index contributed by atoms with van der Waals surface area (Å²) in [7, 11) is 0. The molecule has 0 amide bonds. The van der Waals surface area contributed by atoms with E-state index >= 15 is 0 Å². The Labute approximate surface area is 109 Å². The standard InChI is InChI=1S/C14H23N3O/c1-2-4-13-9-14(17-11-16-13)18-8-6-12-5-3-7-15-10-12/h9,11-12,15H,2-8,10H2,1H3. The highest BCUT2D eigenvalue weighted by molar-refractivity contribution is 5.13. The van der Waals surface area contributed by atoms with Gasteiger partial charge in [0.05, 0.1) is 6.61 Å². The Balaban J connectivity index is 1.73. The molecule has 1 aliphatic rings. The van der Waals surface area contributed by atoms with Crippen LogP contribution in [-0.4, -0.2) is 29.7 Å². The average Bonchev–Trinajstić information content (AvgIpc) is 2.41. The van der Waals surface area contributed by atoms with E-state index in [0.717, 1.165) is 49.9 Å². The number of piperidine rings is 1. The highest BCUT2D eigenvalue weighted by atomic mass is 16.5. The zero-order chi connectivity index (χ0) is 12.6. The molecule has 1 saturated heterocycles. The summed E-state index contributed by atoms with van der Waals surface area (Å²) in [5.41, 5.74) is 1.07. The highest BCUT2D eigenvalue weighted by Crippen LogP contribution is 2.15. The lowest BCUT2D eigenvalue weighted by molar-refractivity contribution is 0.247. The Morgan fingerprint density at radius 2 is 2.39 bits per heavy atom. The van der Waals surface area contributed by atoms with Crippen LogP contribution in [0.3, 0.4) is 0 Å². The van der Waals surface area contributed by atoms with Crippen LogP contribution in [0.2, 0.25) is 0 Å². The fraction of sp³-hybridized carbons (Fsp3) is 0.714. The molecule has 1 aliphatic heterocycles. The van der Waals surface area contributed by atoms with Gasteiger partial charge in [0.25, 0.3) is 0 Å². The van der Waals surface area contributed by atoms with Crippen LogP contribution in [-0.2, 0) is 6.42 Å². The first-order valence-corrected chi connectivity index (χ1v) is 7.03. The number of nitrogens with one attached hydrogen (secondary N) is 1. The topological polar surface area (TPSA) is 47.0 Å². The molecule has 0 bridgehead atoms. The Morgan fingerprint density at radius 3 is 3.17 bits per heavy atom. The van der Waals surface area contributed by atoms with Gasteiger partial charge in [0.2, 0.25) is 5.88 Å². The van der Waals surface area contributed by atoms with Gasteiger partial charge in [-0.3, -0.25) is 0 Å². The van der Waals surface area contributed by atoms with Crippen LogP contribution in [0.25, 0.3) is 0 Å². The second kappa shape index (κ2) is 7.31. The van der Waals surface area contributed by atoms with E-state index in [-0.39, 0.29) is 0 Å². The summed E-state index contributed by atoms with van der Waals surface area (Å²) in [5, 5.41) is 3.43. The van der Waals surface area contributed by atoms with Gasteiger partial charge in [-0.15, -0.1) is 0 Å². The molecule has 0 aliphatic carbocycles. The van der Waals surface area contributed by atoms with Gasteiger partial charge in [0.15, 0.2) is 0 Å². The molecule has 0 saturated carbocycles. The maximum atomic E-state index is 5.72. The molecule has 1 aromatic rings. The van der Waals surface area contributed by atoms with Gasteiger partial charge < -0.3 is 10.1 Å². The summed E-state index contributed by atoms with van der Waals surface area (Å²) in [5.74, 6) is 1.48. The number of ether oxygens (including phenoxy) is 1. The first kappa shape index (κ1) is 13.3. The van der Waals surface area contributed by atoms with E-state index in [9.17, 15) is 0 Å². The van der Waals surface area contributed by atoms with Crippen LogP contribution >= 0.6 is 0 Å². The van der Waals surface area contributed by atoms with Crippen molar-refractivity contribution in [1.82, 2.24) is 15.3 Å². The second-order valence-electron chi connectivity index (χ2n) is 4.95. The summed E-state index contributed by atoms with van der Waals surface area (Å²) < 4.78 is 5.72. The highest BCUT2D eigenvalue weighted by Gasteiger charge is 2.12. The molecule has 1 atom stereocenters. The van der Waals surface area contributed by atoms with E-state index in [1.165, 1.54) is 19.4 Å². The third kappa shape index (κ3) is 4.26. The van der Waals surface area contributed by atoms with E-state index < -0.39 is 0 Å². The monoisotopic (exact) mass is 249 g/mol. The molecule has 1 unspecified atom stereocenters. The molecule has 0 spiro atoms. The molecular weight excluding hydrogens is 226 g/mol. The van der Waals surface area contributed by atoms with Gasteiger partial charge in [0, 0.05) is 11.8 Å². The Bertz CT molecular complexity index is 351. The normalized spacial score (nSPS) is 19.7. The van der Waals surface area contributed by atoms with Gasteiger partial charge in [-0.1, -0.05) is 13.3 Å². The number of nitrogens with zero attached hydrogens (tertiary/aromatic N) is 2. The van der Waals surface area contributed by atoms with Crippen molar-refractivity contribution in [2.75, 3.05) is 19.7 Å². The van der Waals surface area contributed by atoms with E-state index in [1.54, 1.807) is 6.33 Å². The van der Waals surface area contributed by atoms with Crippen LogP contribution in [0, 0.1) is 5.92 Å². The van der Waals surface area contributed by atoms with E-state index in [0.29, 0.717) is 0 Å². The predicted octanol–water partition coefficient (Wildman–Crippen LogP) is 2.20. The number of rotatable bonds is 6. The van der Waals surface area contributed by atoms with Crippen LogP contribution in [0.1, 0.15) is 38.3 Å². The van der Waals surface area contributed by atoms with Gasteiger partial charge in [-0.2, -0.15) is 0 Å². The number of aromatic nitrogens is 2. The summed E-state index contributed by atoms with van der Waals surface area (Å²) >= 11 is 0. The van der Waals surface area contributed by atoms with Gasteiger partial charge in [-0.05, 0) is 44.7 Å². The zero-order valence-electron chi connectivity index (χ0n) is 11.2. The van der Waals surface area contributed by atoms with Gasteiger partial charge in [0.1, 0.15) is 6.33 Å². The van der Waals surface area contributed by atoms with Crippen LogP contribution in [0.15, 0.2) is 12.4 Å². The molecule has 1 fully saturated rings. The summed E-state index contributed by atoms with van der Waals surface area (Å²) in [6.07, 6.45) is 7.41. The lowest BCUT2D eigenvalue weighted by atomic mass is 9.97. The second-order valence-corrected chi connectivity index (χ2v) is 4.95. The molecule has 1 N–H and O–H groups in total. The maximum absolute atomic E-state index is 5.72. The third-order valence-electron chi connectivity index (χ3n) is 3.38. The molecule has 4 heteroatoms. The van der Waals surface area contributed by atoms with Crippen molar-refractivity contribution in [3.05, 3.63) is 18.1 Å². The Kier molecular flexibility index (Phi) is 5.39. The quantitative estimate of drug-likeness (QED) is 0.839. The summed E-state index contributed by atoms with van der Waals surface area (Å²) in [6.45, 7) is 5.21. The summed E-state index contributed by atoms with van der Waals surface area (Å²) in [4.78, 5) is 8.38. The van der Waals surface area contributed by atoms with Crippen molar-refractivity contribution in [2.24, 2.45) is 5.92 Å². The summed E-state index contributed by atoms with van der Waals surface area (Å²) in [6, 6.07) is 1.96. The predicted molar refractivity (Wildman–Crippen MR) is 71.7 cm³/mol. The van der Waals surface area contributed by atoms with Crippen molar-refractivity contribution in [3.8, 4) is 5.88 Å². The molecule has 2 heterocycles. The first-order chi connectivity index (χ1) is 8.88. The first-order valence-electron chi connectivity index (χ1n) is 7.03. The lowest BCUT2D eigenvalue weighted by Crippen LogP contribution is -2.30. The largest absolute Gasteiger partial charge is 0.478 e. The van der Waals surface area contributed by atoms with Crippen LogP contribution in [0.4, 0.5) is 0 Å². The Morgan fingerprint density at radius 1 is 1.44 bits per heavy atom. The molecule has 1 aromatic heterocycles. The third-order valence-corrected chi connectivity index (χ3v) is 3.38. The molecule has 0 aromatic carbocycles. The van der Waals surface area contributed by atoms with E-state index in [1.807, 2.05) is 6.07 Å². The van der Waals surface area contributed by atoms with Crippen molar-refractivity contribution in [3.63, 3.8) is 0 Å². The van der Waals surface area contributed by atoms with Crippen molar-refractivity contribution in [2.45, 2.75) is 39.0 Å². The average molecular weight is 249 g/mol. The van der Waals surface area contributed by atoms with Crippen molar-refractivity contribution in [1.29, 1.82) is 0 Å². The molecular formula is C14H23N3O. The molecule has 4 nitrogen and oxygen atoms in total. The lowest BCUT2D eigenvalue weighted by Gasteiger charge is -2.22. The van der Waals surface area contributed by atoms with Gasteiger partial charge >= 0.3 is 0 Å². The minimum Gasteiger partial charge on any atom is -0.478 e. The minimum absolute atomic E-state index is 0.720.